The minimum Gasteiger partial charge on any atom is -0.483 e. The molecule has 8 spiro atoms. The molecule has 25 nitrogen and oxygen atoms in total. The SMILES string of the molecule is C1CCOC1.CCOC(C)=O.COC1CCC2(CC1)Oc1ccc(Br)cc1C21N=C(C)N(C)C1=O.COC1CCC2(CC1)Oc1ccc(Br)cc1C21N=C(N)N(C)C1=O.COC1CCC2(CC1)Oc1ccccc1C21N=C(C)N(C)C1=O.COC1CCC2(CC1)Oc1ccccc1C21N=C(N)N(C)C1=O.ClCCl.[CH3-].[HH].[Pd]. The van der Waals surface area contributed by atoms with E-state index in [2.05, 4.69) is 46.6 Å². The molecule has 0 aromatic heterocycles. The Kier molecular flexibility index (Phi) is 28.4. The smallest absolute Gasteiger partial charge is 0.302 e. The minimum absolute atomic E-state index is 0. The maximum atomic E-state index is 13.3. The molecule has 4 unspecified atom stereocenters. The van der Waals surface area contributed by atoms with E-state index in [1.807, 2.05) is 98.8 Å². The number of amides is 4. The van der Waals surface area contributed by atoms with Gasteiger partial charge in [0.05, 0.1) is 36.4 Å². The van der Waals surface area contributed by atoms with E-state index < -0.39 is 44.6 Å². The first-order chi connectivity index (χ1) is 51.6. The summed E-state index contributed by atoms with van der Waals surface area (Å²) in [7, 11) is 13.9. The number of ether oxygens (including phenoxy) is 10. The minimum atomic E-state index is -1.09. The largest absolute Gasteiger partial charge is 0.483 e. The van der Waals surface area contributed by atoms with E-state index in [1.165, 1.54) is 29.6 Å². The topological polar surface area (TPSA) is 292 Å². The molecule has 4 N–H and O–H groups in total. The van der Waals surface area contributed by atoms with Crippen molar-refractivity contribution >= 4 is 108 Å². The summed E-state index contributed by atoms with van der Waals surface area (Å²) in [5.74, 6) is 4.61. The van der Waals surface area contributed by atoms with Crippen molar-refractivity contribution in [2.24, 2.45) is 31.4 Å². The van der Waals surface area contributed by atoms with Crippen LogP contribution in [0.4, 0.5) is 0 Å². The summed E-state index contributed by atoms with van der Waals surface area (Å²) in [6.45, 7) is 9.43. The van der Waals surface area contributed by atoms with Crippen molar-refractivity contribution in [3.63, 3.8) is 0 Å². The van der Waals surface area contributed by atoms with E-state index in [0.29, 0.717) is 25.2 Å². The molecule has 1 saturated heterocycles. The van der Waals surface area contributed by atoms with Gasteiger partial charge in [-0.2, -0.15) is 0 Å². The third kappa shape index (κ3) is 15.1. The number of aliphatic imine (C=N–C) groups is 4. The number of para-hydroxylation sites is 2. The average molecular weight is 1790 g/mol. The summed E-state index contributed by atoms with van der Waals surface area (Å²) in [5.41, 5.74) is 8.81. The number of alkyl halides is 2. The Bertz CT molecular complexity index is 3900. The van der Waals surface area contributed by atoms with Crippen LogP contribution in [0, 0.1) is 7.43 Å². The third-order valence-electron chi connectivity index (χ3n) is 23.9. The number of guanidine groups is 2. The number of benzene rings is 4. The molecule has 606 valence electrons. The predicted octanol–water partition coefficient (Wildman–Crippen LogP) is 12.8. The Morgan fingerprint density at radius 3 is 1.00 bits per heavy atom. The molecule has 4 saturated carbocycles. The Balaban J connectivity index is 0.000000174. The number of fused-ring (bicyclic) bond motifs is 12. The van der Waals surface area contributed by atoms with Gasteiger partial charge in [0.1, 0.15) is 57.1 Å². The fourth-order valence-corrected chi connectivity index (χ4v) is 18.7. The molecule has 110 heavy (non-hydrogen) atoms. The zero-order chi connectivity index (χ0) is 77.9. The van der Waals surface area contributed by atoms with Gasteiger partial charge < -0.3 is 76.1 Å². The van der Waals surface area contributed by atoms with Gasteiger partial charge in [0.15, 0.2) is 11.9 Å². The number of likely N-dealkylation sites (N-methyl/N-ethyl adjacent to an activating group) is 4. The number of esters is 1. The number of hydrogen-bond donors (Lipinski definition) is 2. The molecule has 4 amide bonds. The van der Waals surface area contributed by atoms with Crippen molar-refractivity contribution < 1.29 is 93.2 Å². The number of nitrogens with two attached hydrogens (primary N) is 2. The molecular weight excluding hydrogens is 1680 g/mol. The zero-order valence-corrected chi connectivity index (χ0v) is 71.4. The molecular formula is C80H107Br2Cl2N10O15Pd-. The molecule has 9 heterocycles. The number of carbonyl (C=O) groups is 5. The van der Waals surface area contributed by atoms with Gasteiger partial charge in [-0.25, -0.2) is 20.0 Å². The van der Waals surface area contributed by atoms with Crippen molar-refractivity contribution in [3.05, 3.63) is 124 Å². The number of hydrogen-bond acceptors (Lipinski definition) is 21. The van der Waals surface area contributed by atoms with Crippen LogP contribution in [0.25, 0.3) is 0 Å². The van der Waals surface area contributed by atoms with Gasteiger partial charge in [0.2, 0.25) is 22.2 Å². The Morgan fingerprint density at radius 2 is 0.764 bits per heavy atom. The Hall–Kier alpha value is -6.29. The number of nitrogens with zero attached hydrogens (tertiary/aromatic N) is 8. The van der Waals surface area contributed by atoms with Crippen LogP contribution in [-0.2, 0) is 95.0 Å². The van der Waals surface area contributed by atoms with Crippen LogP contribution in [-0.4, -0.2) is 201 Å². The zero-order valence-electron chi connectivity index (χ0n) is 65.1. The average Bonchev–Trinajstić information content (AvgIpc) is 1.55. The first-order valence-electron chi connectivity index (χ1n) is 37.1. The second-order valence-electron chi connectivity index (χ2n) is 29.3. The van der Waals surface area contributed by atoms with Crippen LogP contribution < -0.4 is 30.4 Å². The number of methoxy groups -OCH3 is 4. The summed E-state index contributed by atoms with van der Waals surface area (Å²) in [6, 6.07) is 27.1. The molecule has 17 rings (SSSR count). The van der Waals surface area contributed by atoms with E-state index in [0.717, 1.165) is 163 Å². The number of halogens is 4. The molecule has 4 aromatic rings. The molecule has 4 atom stereocenters. The summed E-state index contributed by atoms with van der Waals surface area (Å²) >= 11 is 16.6. The van der Waals surface area contributed by atoms with Gasteiger partial charge in [0.25, 0.3) is 23.6 Å². The normalized spacial score (nSPS) is 31.7. The second kappa shape index (κ2) is 35.6. The van der Waals surface area contributed by atoms with Crippen LogP contribution in [0.1, 0.15) is 167 Å². The van der Waals surface area contributed by atoms with E-state index in [-0.39, 0.29) is 101 Å². The summed E-state index contributed by atoms with van der Waals surface area (Å²) < 4.78 is 58.8. The second-order valence-corrected chi connectivity index (χ2v) is 31.9. The number of amidine groups is 2. The molecule has 30 heteroatoms. The van der Waals surface area contributed by atoms with Crippen LogP contribution >= 0.6 is 55.1 Å². The van der Waals surface area contributed by atoms with Crippen molar-refractivity contribution in [3.8, 4) is 23.0 Å². The third-order valence-corrected chi connectivity index (χ3v) is 24.9. The molecule has 4 aromatic carbocycles. The van der Waals surface area contributed by atoms with Crippen molar-refractivity contribution in [2.45, 2.75) is 212 Å². The van der Waals surface area contributed by atoms with E-state index in [9.17, 15) is 24.0 Å². The number of carbonyl (C=O) groups excluding carboxylic acids is 5. The fraction of sp³-hybridized carbons (Fsp3) is 0.575. The van der Waals surface area contributed by atoms with E-state index in [4.69, 9.17) is 87.3 Å². The van der Waals surface area contributed by atoms with Gasteiger partial charge in [-0.05, 0) is 185 Å². The van der Waals surface area contributed by atoms with Crippen LogP contribution in [0.5, 0.6) is 23.0 Å². The van der Waals surface area contributed by atoms with Gasteiger partial charge in [-0.3, -0.25) is 33.8 Å². The van der Waals surface area contributed by atoms with Crippen molar-refractivity contribution in [1.82, 2.24) is 19.6 Å². The first kappa shape index (κ1) is 87.7. The first-order valence-corrected chi connectivity index (χ1v) is 39.7. The van der Waals surface area contributed by atoms with E-state index in [1.54, 1.807) is 73.4 Å². The molecule has 4 aliphatic carbocycles. The monoisotopic (exact) mass is 1780 g/mol. The molecule has 0 bridgehead atoms. The van der Waals surface area contributed by atoms with Crippen molar-refractivity contribution in [1.29, 1.82) is 0 Å². The molecule has 0 radical (unpaired) electrons. The van der Waals surface area contributed by atoms with Crippen molar-refractivity contribution in [2.75, 3.05) is 81.8 Å². The van der Waals surface area contributed by atoms with Crippen LogP contribution in [0.2, 0.25) is 0 Å². The fourth-order valence-electron chi connectivity index (χ4n) is 18.0. The maximum Gasteiger partial charge on any atom is 0.302 e. The van der Waals surface area contributed by atoms with Gasteiger partial charge in [0, 0.05) is 130 Å². The van der Waals surface area contributed by atoms with Gasteiger partial charge >= 0.3 is 5.97 Å². The molecule has 13 aliphatic rings. The molecule has 9 aliphatic heterocycles. The van der Waals surface area contributed by atoms with Gasteiger partial charge in [-0.1, -0.05) is 68.3 Å². The summed E-state index contributed by atoms with van der Waals surface area (Å²) in [6.07, 6.45) is 16.2. The summed E-state index contributed by atoms with van der Waals surface area (Å²) in [5, 5.41) is 0.194. The van der Waals surface area contributed by atoms with Crippen LogP contribution in [0.3, 0.4) is 0 Å². The van der Waals surface area contributed by atoms with E-state index >= 15 is 0 Å². The summed E-state index contributed by atoms with van der Waals surface area (Å²) in [4.78, 5) is 88.1. The molecule has 5 fully saturated rings. The van der Waals surface area contributed by atoms with Crippen LogP contribution in [0.15, 0.2) is 114 Å². The standard InChI is InChI=1S/C18H21BrN2O3.C18H22N2O3.C17H20BrN3O3.C17H21N3O3.C4H8O2.C4H8O.CH2Cl2.CH3.Pd.H2/c1-11-20-18(16(22)21(11)2)14-10-12(19)4-5-15(14)24-17(18)8-6-13(23-3)7-9-17;1-12-19-18(16(21)20(12)2)14-6-4-5-7-15(14)23-17(18)10-8-13(22-3)9-11-17;1-21-14(22)17(20-15(21)19)12-9-10(18)3-4-13(12)24-16(17)7-5-11(23-2)6-8-16;1-20-14(21)17(19-15(20)18)12-5-3-4-6-13(12)23-16(17)9-7-11(22-2)8-10-16;1-3-6-4(2)5;1-2-4-5-3-1;2-1-3;;;/h4-5,10,13H,6-9H2,1-3H3;4-7,13H,8-11H2,1-3H3;3-4,9,11H,5-8H2,1-2H3,(H2,19,20);3-6,11H,7-10H2,1-2H3,(H2,18,19);3H2,1-2H3;1-4H2;1H2;1H3;;1H/q;;;;;;;-1;;. The van der Waals surface area contributed by atoms with Gasteiger partial charge in [-0.15, -0.1) is 23.2 Å². The maximum absolute atomic E-state index is 13.3. The quantitative estimate of drug-likeness (QED) is 0.0812. The predicted molar refractivity (Wildman–Crippen MR) is 426 cm³/mol. The Labute approximate surface area is 688 Å². The Morgan fingerprint density at radius 1 is 0.491 bits per heavy atom. The number of rotatable bonds is 5.